The van der Waals surface area contributed by atoms with Gasteiger partial charge in [0.15, 0.2) is 0 Å². The van der Waals surface area contributed by atoms with E-state index in [1.54, 1.807) is 12.1 Å². The number of halogens is 1. The predicted octanol–water partition coefficient (Wildman–Crippen LogP) is 5.95. The van der Waals surface area contributed by atoms with E-state index in [1.165, 1.54) is 69.9 Å². The first kappa shape index (κ1) is 16.1. The molecule has 114 valence electrons. The van der Waals surface area contributed by atoms with Gasteiger partial charge < -0.3 is 0 Å². The first-order valence-corrected chi connectivity index (χ1v) is 8.55. The van der Waals surface area contributed by atoms with Crippen LogP contribution in [0.4, 0.5) is 4.39 Å². The molecule has 1 aromatic carbocycles. The van der Waals surface area contributed by atoms with Crippen molar-refractivity contribution in [1.82, 2.24) is 0 Å². The highest BCUT2D eigenvalue weighted by atomic mass is 19.1. The van der Waals surface area contributed by atoms with Crippen molar-refractivity contribution in [2.24, 2.45) is 11.8 Å². The van der Waals surface area contributed by atoms with Crippen LogP contribution >= 0.6 is 0 Å². The molecule has 21 heavy (non-hydrogen) atoms. The highest BCUT2D eigenvalue weighted by Crippen LogP contribution is 2.31. The Bertz CT molecular complexity index is 455. The van der Waals surface area contributed by atoms with Gasteiger partial charge in [-0.15, -0.1) is 0 Å². The molecule has 1 aliphatic carbocycles. The van der Waals surface area contributed by atoms with Gasteiger partial charge in [-0.3, -0.25) is 0 Å². The van der Waals surface area contributed by atoms with Gasteiger partial charge >= 0.3 is 0 Å². The van der Waals surface area contributed by atoms with Crippen molar-refractivity contribution >= 4 is 0 Å². The van der Waals surface area contributed by atoms with Crippen molar-refractivity contribution in [3.8, 4) is 11.8 Å². The zero-order chi connectivity index (χ0) is 14.9. The minimum absolute atomic E-state index is 0.191. The zero-order valence-electron chi connectivity index (χ0n) is 13.2. The van der Waals surface area contributed by atoms with Crippen molar-refractivity contribution in [3.05, 3.63) is 35.6 Å². The lowest BCUT2D eigenvalue weighted by Crippen LogP contribution is -2.13. The largest absolute Gasteiger partial charge is 0.207 e. The van der Waals surface area contributed by atoms with Crippen LogP contribution in [0.5, 0.6) is 0 Å². The number of rotatable bonds is 5. The van der Waals surface area contributed by atoms with E-state index in [1.807, 2.05) is 0 Å². The second-order valence-corrected chi connectivity index (χ2v) is 6.34. The molecule has 0 spiro atoms. The summed E-state index contributed by atoms with van der Waals surface area (Å²) in [5.41, 5.74) is 0.929. The van der Waals surface area contributed by atoms with Crippen molar-refractivity contribution < 1.29 is 4.39 Å². The van der Waals surface area contributed by atoms with E-state index in [0.717, 1.165) is 11.5 Å². The minimum Gasteiger partial charge on any atom is -0.207 e. The second kappa shape index (κ2) is 8.88. The molecule has 2 rings (SSSR count). The van der Waals surface area contributed by atoms with E-state index in [2.05, 4.69) is 18.8 Å². The van der Waals surface area contributed by atoms with Crippen molar-refractivity contribution in [3.63, 3.8) is 0 Å². The first-order chi connectivity index (χ1) is 10.3. The highest BCUT2D eigenvalue weighted by molar-refractivity contribution is 5.34. The molecule has 0 heterocycles. The minimum atomic E-state index is -0.191. The Hall–Kier alpha value is -1.29. The quantitative estimate of drug-likeness (QED) is 0.463. The Balaban J connectivity index is 1.70. The average Bonchev–Trinajstić information content (AvgIpc) is 2.52. The van der Waals surface area contributed by atoms with E-state index in [-0.39, 0.29) is 5.82 Å². The van der Waals surface area contributed by atoms with E-state index in [0.29, 0.717) is 5.92 Å². The van der Waals surface area contributed by atoms with Gasteiger partial charge in [0.1, 0.15) is 5.82 Å². The molecule has 0 aromatic heterocycles. The lowest BCUT2D eigenvalue weighted by Gasteiger charge is -2.25. The standard InChI is InChI=1S/C20H27F/c1-2-3-4-5-6-17-7-9-18(10-8-17)11-12-19-13-15-20(21)16-14-19/h13-18H,2-10H2,1H3. The maximum atomic E-state index is 12.8. The smallest absolute Gasteiger partial charge is 0.123 e. The fraction of sp³-hybridized carbons (Fsp3) is 0.600. The van der Waals surface area contributed by atoms with E-state index < -0.39 is 0 Å². The topological polar surface area (TPSA) is 0 Å². The number of hydrogen-bond acceptors (Lipinski definition) is 0. The van der Waals surface area contributed by atoms with Crippen LogP contribution in [0.3, 0.4) is 0 Å². The molecule has 0 amide bonds. The van der Waals surface area contributed by atoms with Gasteiger partial charge in [0.05, 0.1) is 0 Å². The Labute approximate surface area is 129 Å². The summed E-state index contributed by atoms with van der Waals surface area (Å²) in [7, 11) is 0. The van der Waals surface area contributed by atoms with Crippen molar-refractivity contribution in [2.75, 3.05) is 0 Å². The summed E-state index contributed by atoms with van der Waals surface area (Å²) in [5, 5.41) is 0. The van der Waals surface area contributed by atoms with Gasteiger partial charge in [-0.05, 0) is 55.9 Å². The fourth-order valence-corrected chi connectivity index (χ4v) is 3.17. The molecule has 1 aliphatic rings. The van der Waals surface area contributed by atoms with Crippen LogP contribution in [-0.4, -0.2) is 0 Å². The Morgan fingerprint density at radius 2 is 1.71 bits per heavy atom. The molecule has 0 unspecified atom stereocenters. The summed E-state index contributed by atoms with van der Waals surface area (Å²) < 4.78 is 12.8. The maximum absolute atomic E-state index is 12.8. The molecule has 1 fully saturated rings. The summed E-state index contributed by atoms with van der Waals surface area (Å²) in [5.74, 6) is 7.87. The molecule has 0 saturated heterocycles. The predicted molar refractivity (Wildman–Crippen MR) is 87.5 cm³/mol. The van der Waals surface area contributed by atoms with Crippen molar-refractivity contribution in [2.45, 2.75) is 64.7 Å². The fourth-order valence-electron chi connectivity index (χ4n) is 3.17. The molecule has 0 N–H and O–H groups in total. The summed E-state index contributed by atoms with van der Waals surface area (Å²) in [6.07, 6.45) is 12.1. The molecule has 1 heteroatoms. The number of unbranched alkanes of at least 4 members (excludes halogenated alkanes) is 3. The van der Waals surface area contributed by atoms with Gasteiger partial charge in [-0.25, -0.2) is 4.39 Å². The van der Waals surface area contributed by atoms with Gasteiger partial charge in [0.25, 0.3) is 0 Å². The first-order valence-electron chi connectivity index (χ1n) is 8.55. The van der Waals surface area contributed by atoms with E-state index in [4.69, 9.17) is 0 Å². The normalized spacial score (nSPS) is 21.6. The van der Waals surface area contributed by atoms with Gasteiger partial charge in [0, 0.05) is 11.5 Å². The molecular weight excluding hydrogens is 259 g/mol. The van der Waals surface area contributed by atoms with Crippen LogP contribution < -0.4 is 0 Å². The van der Waals surface area contributed by atoms with Crippen molar-refractivity contribution in [1.29, 1.82) is 0 Å². The molecule has 1 saturated carbocycles. The lowest BCUT2D eigenvalue weighted by atomic mass is 9.80. The highest BCUT2D eigenvalue weighted by Gasteiger charge is 2.19. The van der Waals surface area contributed by atoms with Gasteiger partial charge in [-0.2, -0.15) is 0 Å². The van der Waals surface area contributed by atoms with E-state index in [9.17, 15) is 4.39 Å². The third-order valence-electron chi connectivity index (χ3n) is 4.58. The van der Waals surface area contributed by atoms with Crippen LogP contribution in [0.25, 0.3) is 0 Å². The Morgan fingerprint density at radius 3 is 2.38 bits per heavy atom. The third-order valence-corrected chi connectivity index (χ3v) is 4.58. The molecular formula is C20H27F. The molecule has 0 atom stereocenters. The van der Waals surface area contributed by atoms with Gasteiger partial charge in [0.2, 0.25) is 0 Å². The summed E-state index contributed by atoms with van der Waals surface area (Å²) >= 11 is 0. The molecule has 1 aromatic rings. The molecule has 0 bridgehead atoms. The molecule has 0 nitrogen and oxygen atoms in total. The number of benzene rings is 1. The SMILES string of the molecule is CCCCCCC1CCC(C#Cc2ccc(F)cc2)CC1. The van der Waals surface area contributed by atoms with Crippen LogP contribution in [0, 0.1) is 29.5 Å². The monoisotopic (exact) mass is 286 g/mol. The second-order valence-electron chi connectivity index (χ2n) is 6.34. The maximum Gasteiger partial charge on any atom is 0.123 e. The van der Waals surface area contributed by atoms with Crippen LogP contribution in [-0.2, 0) is 0 Å². The Morgan fingerprint density at radius 1 is 1.00 bits per heavy atom. The zero-order valence-corrected chi connectivity index (χ0v) is 13.2. The Kier molecular flexibility index (Phi) is 6.80. The summed E-state index contributed by atoms with van der Waals surface area (Å²) in [6.45, 7) is 2.27. The lowest BCUT2D eigenvalue weighted by molar-refractivity contribution is 0.294. The van der Waals surface area contributed by atoms with Crippen LogP contribution in [0.2, 0.25) is 0 Å². The summed E-state index contributed by atoms with van der Waals surface area (Å²) in [4.78, 5) is 0. The third kappa shape index (κ3) is 5.92. The average molecular weight is 286 g/mol. The molecule has 0 radical (unpaired) electrons. The summed E-state index contributed by atoms with van der Waals surface area (Å²) in [6, 6.07) is 6.50. The van der Waals surface area contributed by atoms with Crippen LogP contribution in [0.1, 0.15) is 70.3 Å². The molecule has 0 aliphatic heterocycles. The van der Waals surface area contributed by atoms with E-state index >= 15 is 0 Å². The van der Waals surface area contributed by atoms with Gasteiger partial charge in [-0.1, -0.05) is 50.9 Å². The number of hydrogen-bond donors (Lipinski definition) is 0. The van der Waals surface area contributed by atoms with Crippen LogP contribution in [0.15, 0.2) is 24.3 Å².